The molecule has 1 aliphatic carbocycles. The first kappa shape index (κ1) is 13.2. The maximum Gasteiger partial charge on any atom is 0.0731 e. The first-order valence-corrected chi connectivity index (χ1v) is 8.71. The van der Waals surface area contributed by atoms with Crippen LogP contribution in [0.4, 0.5) is 0 Å². The van der Waals surface area contributed by atoms with E-state index in [0.29, 0.717) is 18.2 Å². The SMILES string of the molecule is NCC(C1CCCSC1)N1CCOC2CCCC21. The summed E-state index contributed by atoms with van der Waals surface area (Å²) in [4.78, 5) is 2.72. The van der Waals surface area contributed by atoms with Crippen molar-refractivity contribution in [3.05, 3.63) is 0 Å². The van der Waals surface area contributed by atoms with Crippen molar-refractivity contribution in [1.82, 2.24) is 4.90 Å². The lowest BCUT2D eigenvalue weighted by Gasteiger charge is -2.45. The Bertz CT molecular complexity index is 271. The third kappa shape index (κ3) is 2.58. The Morgan fingerprint density at radius 1 is 1.28 bits per heavy atom. The molecule has 4 atom stereocenters. The number of morpholine rings is 1. The van der Waals surface area contributed by atoms with E-state index < -0.39 is 0 Å². The zero-order valence-corrected chi connectivity index (χ0v) is 12.0. The van der Waals surface area contributed by atoms with Crippen molar-refractivity contribution >= 4 is 11.8 Å². The molecule has 0 aromatic carbocycles. The molecule has 0 bridgehead atoms. The fourth-order valence-corrected chi connectivity index (χ4v) is 5.26. The molecule has 0 radical (unpaired) electrons. The van der Waals surface area contributed by atoms with Crippen LogP contribution in [0.15, 0.2) is 0 Å². The maximum atomic E-state index is 6.13. The van der Waals surface area contributed by atoms with E-state index in [9.17, 15) is 0 Å². The van der Waals surface area contributed by atoms with Crippen LogP contribution in [0.2, 0.25) is 0 Å². The Morgan fingerprint density at radius 3 is 3.00 bits per heavy atom. The highest BCUT2D eigenvalue weighted by Gasteiger charge is 2.40. The number of fused-ring (bicyclic) bond motifs is 1. The average Bonchev–Trinajstić information content (AvgIpc) is 2.90. The Kier molecular flexibility index (Phi) is 4.50. The predicted octanol–water partition coefficient (Wildman–Crippen LogP) is 1.71. The second kappa shape index (κ2) is 6.12. The lowest BCUT2D eigenvalue weighted by Crippen LogP contribution is -2.58. The van der Waals surface area contributed by atoms with E-state index in [1.54, 1.807) is 0 Å². The van der Waals surface area contributed by atoms with E-state index in [0.717, 1.165) is 25.6 Å². The van der Waals surface area contributed by atoms with Gasteiger partial charge < -0.3 is 10.5 Å². The van der Waals surface area contributed by atoms with Gasteiger partial charge in [0.2, 0.25) is 0 Å². The Hall–Kier alpha value is 0.230. The lowest BCUT2D eigenvalue weighted by molar-refractivity contribution is -0.0781. The summed E-state index contributed by atoms with van der Waals surface area (Å²) in [6.07, 6.45) is 7.18. The fraction of sp³-hybridized carbons (Fsp3) is 1.00. The summed E-state index contributed by atoms with van der Waals surface area (Å²) in [7, 11) is 0. The van der Waals surface area contributed by atoms with Gasteiger partial charge in [-0.25, -0.2) is 0 Å². The normalized spacial score (nSPS) is 39.5. The molecular weight excluding hydrogens is 244 g/mol. The van der Waals surface area contributed by atoms with E-state index in [4.69, 9.17) is 10.5 Å². The molecule has 4 unspecified atom stereocenters. The molecule has 0 aromatic heterocycles. The zero-order valence-electron chi connectivity index (χ0n) is 11.2. The van der Waals surface area contributed by atoms with Crippen molar-refractivity contribution in [2.24, 2.45) is 11.7 Å². The Morgan fingerprint density at radius 2 is 2.22 bits per heavy atom. The average molecular weight is 270 g/mol. The molecule has 0 amide bonds. The first-order valence-electron chi connectivity index (χ1n) is 7.55. The molecule has 3 aliphatic rings. The number of rotatable bonds is 3. The minimum Gasteiger partial charge on any atom is -0.375 e. The van der Waals surface area contributed by atoms with Crippen molar-refractivity contribution in [1.29, 1.82) is 0 Å². The van der Waals surface area contributed by atoms with Crippen LogP contribution in [0, 0.1) is 5.92 Å². The summed E-state index contributed by atoms with van der Waals surface area (Å²) in [6, 6.07) is 1.27. The topological polar surface area (TPSA) is 38.5 Å². The monoisotopic (exact) mass is 270 g/mol. The van der Waals surface area contributed by atoms with E-state index in [-0.39, 0.29) is 0 Å². The highest BCUT2D eigenvalue weighted by molar-refractivity contribution is 7.99. The van der Waals surface area contributed by atoms with E-state index in [1.807, 2.05) is 0 Å². The molecule has 2 saturated heterocycles. The van der Waals surface area contributed by atoms with Crippen molar-refractivity contribution < 1.29 is 4.74 Å². The highest BCUT2D eigenvalue weighted by atomic mass is 32.2. The van der Waals surface area contributed by atoms with Gasteiger partial charge in [-0.15, -0.1) is 0 Å². The Balaban J connectivity index is 1.69. The smallest absolute Gasteiger partial charge is 0.0731 e. The van der Waals surface area contributed by atoms with Crippen molar-refractivity contribution in [3.8, 4) is 0 Å². The van der Waals surface area contributed by atoms with Crippen molar-refractivity contribution in [3.63, 3.8) is 0 Å². The van der Waals surface area contributed by atoms with Gasteiger partial charge in [-0.1, -0.05) is 0 Å². The third-order valence-corrected chi connectivity index (χ3v) is 6.17. The number of hydrogen-bond acceptors (Lipinski definition) is 4. The van der Waals surface area contributed by atoms with Crippen LogP contribution in [0.5, 0.6) is 0 Å². The van der Waals surface area contributed by atoms with E-state index >= 15 is 0 Å². The summed E-state index contributed by atoms with van der Waals surface area (Å²) < 4.78 is 5.93. The molecule has 0 aromatic rings. The maximum absolute atomic E-state index is 6.13. The van der Waals surface area contributed by atoms with Gasteiger partial charge in [-0.05, 0) is 49.5 Å². The van der Waals surface area contributed by atoms with Crippen LogP contribution in [-0.2, 0) is 4.74 Å². The standard InChI is InChI=1S/C14H26N2OS/c15-9-13(11-3-2-8-18-10-11)16-6-7-17-14-5-1-4-12(14)16/h11-14H,1-10,15H2. The molecule has 2 heterocycles. The van der Waals surface area contributed by atoms with Crippen LogP contribution in [0.25, 0.3) is 0 Å². The van der Waals surface area contributed by atoms with E-state index in [2.05, 4.69) is 16.7 Å². The van der Waals surface area contributed by atoms with Crippen molar-refractivity contribution in [2.75, 3.05) is 31.2 Å². The van der Waals surface area contributed by atoms with Gasteiger partial charge in [0.05, 0.1) is 12.7 Å². The zero-order chi connectivity index (χ0) is 12.4. The fourth-order valence-electron chi connectivity index (χ4n) is 4.04. The number of ether oxygens (including phenoxy) is 1. The van der Waals surface area contributed by atoms with Crippen LogP contribution >= 0.6 is 11.8 Å². The van der Waals surface area contributed by atoms with Crippen LogP contribution in [-0.4, -0.2) is 54.3 Å². The quantitative estimate of drug-likeness (QED) is 0.847. The van der Waals surface area contributed by atoms with Gasteiger partial charge in [-0.2, -0.15) is 11.8 Å². The molecule has 104 valence electrons. The minimum absolute atomic E-state index is 0.504. The van der Waals surface area contributed by atoms with Crippen molar-refractivity contribution in [2.45, 2.75) is 50.3 Å². The predicted molar refractivity (Wildman–Crippen MR) is 77.0 cm³/mol. The van der Waals surface area contributed by atoms with Gasteiger partial charge in [0, 0.05) is 25.2 Å². The van der Waals surface area contributed by atoms with Gasteiger partial charge in [-0.3, -0.25) is 4.90 Å². The van der Waals surface area contributed by atoms with Gasteiger partial charge in [0.1, 0.15) is 0 Å². The second-order valence-electron chi connectivity index (χ2n) is 5.93. The van der Waals surface area contributed by atoms with Crippen LogP contribution < -0.4 is 5.73 Å². The minimum atomic E-state index is 0.504. The summed E-state index contributed by atoms with van der Waals surface area (Å²) in [5, 5.41) is 0. The molecule has 2 N–H and O–H groups in total. The van der Waals surface area contributed by atoms with Gasteiger partial charge in [0.25, 0.3) is 0 Å². The molecular formula is C14H26N2OS. The summed E-state index contributed by atoms with van der Waals surface area (Å²) >= 11 is 2.12. The van der Waals surface area contributed by atoms with Crippen LogP contribution in [0.1, 0.15) is 32.1 Å². The second-order valence-corrected chi connectivity index (χ2v) is 7.08. The van der Waals surface area contributed by atoms with Gasteiger partial charge >= 0.3 is 0 Å². The van der Waals surface area contributed by atoms with Gasteiger partial charge in [0.15, 0.2) is 0 Å². The molecule has 4 heteroatoms. The summed E-state index contributed by atoms with van der Waals surface area (Å²) in [6.45, 7) is 2.84. The number of thioether (sulfide) groups is 1. The number of hydrogen-bond donors (Lipinski definition) is 1. The largest absolute Gasteiger partial charge is 0.375 e. The molecule has 18 heavy (non-hydrogen) atoms. The molecule has 3 nitrogen and oxygen atoms in total. The highest BCUT2D eigenvalue weighted by Crippen LogP contribution is 2.35. The summed E-state index contributed by atoms with van der Waals surface area (Å²) in [5.41, 5.74) is 6.13. The third-order valence-electron chi connectivity index (χ3n) is 4.93. The molecule has 2 aliphatic heterocycles. The van der Waals surface area contributed by atoms with E-state index in [1.165, 1.54) is 43.6 Å². The molecule has 3 fully saturated rings. The number of nitrogens with two attached hydrogens (primary N) is 1. The molecule has 1 saturated carbocycles. The molecule has 0 spiro atoms. The molecule has 3 rings (SSSR count). The lowest BCUT2D eigenvalue weighted by atomic mass is 9.92. The summed E-state index contributed by atoms with van der Waals surface area (Å²) in [5.74, 6) is 3.48. The van der Waals surface area contributed by atoms with Crippen LogP contribution in [0.3, 0.4) is 0 Å². The first-order chi connectivity index (χ1) is 8.90. The Labute approximate surface area is 115 Å². The number of nitrogens with zero attached hydrogens (tertiary/aromatic N) is 1.